The number of oxazole rings is 1. The van der Waals surface area contributed by atoms with Gasteiger partial charge in [0.2, 0.25) is 0 Å². The van der Waals surface area contributed by atoms with E-state index >= 15 is 0 Å². The molecule has 1 aromatic carbocycles. The topological polar surface area (TPSA) is 52.0 Å². The van der Waals surface area contributed by atoms with Crippen LogP contribution in [0.1, 0.15) is 11.3 Å². The second kappa shape index (κ2) is 4.04. The second-order valence-corrected chi connectivity index (χ2v) is 3.65. The number of rotatable bonds is 2. The first-order valence-corrected chi connectivity index (χ1v) is 4.99. The first-order valence-electron chi connectivity index (χ1n) is 4.62. The van der Waals surface area contributed by atoms with E-state index in [-0.39, 0.29) is 0 Å². The van der Waals surface area contributed by atoms with Crippen LogP contribution in [0.5, 0.6) is 0 Å². The lowest BCUT2D eigenvalue weighted by molar-refractivity contribution is 0.570. The summed E-state index contributed by atoms with van der Waals surface area (Å²) in [6.45, 7) is 2.30. The third kappa shape index (κ3) is 1.76. The number of benzene rings is 1. The van der Waals surface area contributed by atoms with Gasteiger partial charge in [-0.2, -0.15) is 0 Å². The first-order chi connectivity index (χ1) is 7.24. The minimum absolute atomic E-state index is 0.359. The Hall–Kier alpha value is -1.32. The molecule has 0 unspecified atom stereocenters. The van der Waals surface area contributed by atoms with Crippen LogP contribution in [0.15, 0.2) is 29.0 Å². The van der Waals surface area contributed by atoms with Gasteiger partial charge in [0.25, 0.3) is 0 Å². The summed E-state index contributed by atoms with van der Waals surface area (Å²) in [5.41, 5.74) is 8.24. The number of hydrogen-bond donors (Lipinski definition) is 1. The molecule has 2 rings (SSSR count). The number of hydrogen-bond acceptors (Lipinski definition) is 3. The molecule has 0 radical (unpaired) electrons. The standard InChI is InChI=1S/C11H11ClN2O/c1-7-8(3-2-4-9(7)12)11-10(5-13)14-6-15-11/h2-4,6H,5,13H2,1H3. The number of aromatic nitrogens is 1. The van der Waals surface area contributed by atoms with Crippen LogP contribution in [0, 0.1) is 6.92 Å². The third-order valence-corrected chi connectivity index (χ3v) is 2.76. The fourth-order valence-corrected chi connectivity index (χ4v) is 1.66. The molecule has 0 atom stereocenters. The molecular formula is C11H11ClN2O. The van der Waals surface area contributed by atoms with Crippen LogP contribution in [-0.4, -0.2) is 4.98 Å². The molecule has 2 N–H and O–H groups in total. The Morgan fingerprint density at radius 2 is 2.27 bits per heavy atom. The van der Waals surface area contributed by atoms with Gasteiger partial charge in [0.05, 0.1) is 0 Å². The van der Waals surface area contributed by atoms with E-state index < -0.39 is 0 Å². The summed E-state index contributed by atoms with van der Waals surface area (Å²) in [7, 11) is 0. The van der Waals surface area contributed by atoms with Crippen molar-refractivity contribution in [3.63, 3.8) is 0 Å². The molecule has 0 aliphatic carbocycles. The molecular weight excluding hydrogens is 212 g/mol. The number of nitrogens with zero attached hydrogens (tertiary/aromatic N) is 1. The predicted molar refractivity (Wildman–Crippen MR) is 59.6 cm³/mol. The number of halogens is 1. The van der Waals surface area contributed by atoms with Crippen molar-refractivity contribution in [1.29, 1.82) is 0 Å². The van der Waals surface area contributed by atoms with Gasteiger partial charge in [-0.3, -0.25) is 0 Å². The molecule has 0 bridgehead atoms. The van der Waals surface area contributed by atoms with Gasteiger partial charge < -0.3 is 10.2 Å². The Labute approximate surface area is 92.9 Å². The van der Waals surface area contributed by atoms with Crippen LogP contribution in [0.3, 0.4) is 0 Å². The van der Waals surface area contributed by atoms with Crippen molar-refractivity contribution < 1.29 is 4.42 Å². The molecule has 0 fully saturated rings. The second-order valence-electron chi connectivity index (χ2n) is 3.24. The predicted octanol–water partition coefficient (Wildman–Crippen LogP) is 2.76. The fraction of sp³-hybridized carbons (Fsp3) is 0.182. The molecule has 4 heteroatoms. The van der Waals surface area contributed by atoms with E-state index in [1.807, 2.05) is 25.1 Å². The molecule has 0 saturated carbocycles. The van der Waals surface area contributed by atoms with Crippen LogP contribution < -0.4 is 5.73 Å². The zero-order valence-electron chi connectivity index (χ0n) is 8.33. The first kappa shape index (κ1) is 10.2. The molecule has 0 aliphatic heterocycles. The Balaban J connectivity index is 2.59. The normalized spacial score (nSPS) is 10.6. The summed E-state index contributed by atoms with van der Waals surface area (Å²) in [5.74, 6) is 0.706. The highest BCUT2D eigenvalue weighted by Gasteiger charge is 2.12. The highest BCUT2D eigenvalue weighted by Crippen LogP contribution is 2.30. The fourth-order valence-electron chi connectivity index (χ4n) is 1.49. The van der Waals surface area contributed by atoms with Crippen LogP contribution in [0.2, 0.25) is 5.02 Å². The monoisotopic (exact) mass is 222 g/mol. The molecule has 1 aromatic heterocycles. The highest BCUT2D eigenvalue weighted by atomic mass is 35.5. The van der Waals surface area contributed by atoms with Gasteiger partial charge in [-0.1, -0.05) is 23.7 Å². The lowest BCUT2D eigenvalue weighted by Gasteiger charge is -2.05. The van der Waals surface area contributed by atoms with Gasteiger partial charge in [0.15, 0.2) is 12.2 Å². The summed E-state index contributed by atoms with van der Waals surface area (Å²) < 4.78 is 5.33. The van der Waals surface area contributed by atoms with E-state index in [4.69, 9.17) is 21.8 Å². The molecule has 78 valence electrons. The SMILES string of the molecule is Cc1c(Cl)cccc1-c1ocnc1CN. The van der Waals surface area contributed by atoms with Crippen LogP contribution in [0.4, 0.5) is 0 Å². The smallest absolute Gasteiger partial charge is 0.181 e. The zero-order chi connectivity index (χ0) is 10.8. The maximum Gasteiger partial charge on any atom is 0.181 e. The van der Waals surface area contributed by atoms with Gasteiger partial charge in [-0.05, 0) is 18.6 Å². The Morgan fingerprint density at radius 3 is 3.00 bits per heavy atom. The van der Waals surface area contributed by atoms with Gasteiger partial charge in [-0.25, -0.2) is 4.98 Å². The van der Waals surface area contributed by atoms with E-state index in [2.05, 4.69) is 4.98 Å². The molecule has 0 aliphatic rings. The van der Waals surface area contributed by atoms with Crippen molar-refractivity contribution in [3.05, 3.63) is 40.9 Å². The Bertz CT molecular complexity index is 479. The van der Waals surface area contributed by atoms with E-state index in [1.54, 1.807) is 0 Å². The Kier molecular flexibility index (Phi) is 2.75. The minimum Gasteiger partial charge on any atom is -0.443 e. The van der Waals surface area contributed by atoms with E-state index in [9.17, 15) is 0 Å². The zero-order valence-corrected chi connectivity index (χ0v) is 9.08. The van der Waals surface area contributed by atoms with Crippen molar-refractivity contribution in [3.8, 4) is 11.3 Å². The van der Waals surface area contributed by atoms with Crippen LogP contribution >= 0.6 is 11.6 Å². The lowest BCUT2D eigenvalue weighted by Crippen LogP contribution is -1.98. The van der Waals surface area contributed by atoms with E-state index in [0.717, 1.165) is 16.8 Å². The molecule has 15 heavy (non-hydrogen) atoms. The minimum atomic E-state index is 0.359. The van der Waals surface area contributed by atoms with Crippen molar-refractivity contribution in [1.82, 2.24) is 4.98 Å². The summed E-state index contributed by atoms with van der Waals surface area (Å²) in [4.78, 5) is 4.05. The summed E-state index contributed by atoms with van der Waals surface area (Å²) >= 11 is 6.03. The maximum absolute atomic E-state index is 6.03. The molecule has 1 heterocycles. The quantitative estimate of drug-likeness (QED) is 0.850. The summed E-state index contributed by atoms with van der Waals surface area (Å²) in [6.07, 6.45) is 1.40. The van der Waals surface area contributed by atoms with Gasteiger partial charge >= 0.3 is 0 Å². The molecule has 0 saturated heterocycles. The van der Waals surface area contributed by atoms with Crippen molar-refractivity contribution in [2.45, 2.75) is 13.5 Å². The van der Waals surface area contributed by atoms with Crippen molar-refractivity contribution >= 4 is 11.6 Å². The van der Waals surface area contributed by atoms with Gasteiger partial charge in [0, 0.05) is 17.1 Å². The Morgan fingerprint density at radius 1 is 1.47 bits per heavy atom. The largest absolute Gasteiger partial charge is 0.443 e. The van der Waals surface area contributed by atoms with E-state index in [1.165, 1.54) is 6.39 Å². The van der Waals surface area contributed by atoms with Crippen LogP contribution in [-0.2, 0) is 6.54 Å². The average Bonchev–Trinajstić information content (AvgIpc) is 2.70. The van der Waals surface area contributed by atoms with Crippen molar-refractivity contribution in [2.75, 3.05) is 0 Å². The summed E-state index contributed by atoms with van der Waals surface area (Å²) in [5, 5.41) is 0.715. The van der Waals surface area contributed by atoms with E-state index in [0.29, 0.717) is 17.3 Å². The maximum atomic E-state index is 6.03. The third-order valence-electron chi connectivity index (χ3n) is 2.35. The van der Waals surface area contributed by atoms with Gasteiger partial charge in [-0.15, -0.1) is 0 Å². The number of nitrogens with two attached hydrogens (primary N) is 1. The molecule has 3 nitrogen and oxygen atoms in total. The molecule has 0 spiro atoms. The molecule has 0 amide bonds. The van der Waals surface area contributed by atoms with Gasteiger partial charge in [0.1, 0.15) is 5.69 Å². The van der Waals surface area contributed by atoms with Crippen molar-refractivity contribution in [2.24, 2.45) is 5.73 Å². The summed E-state index contributed by atoms with van der Waals surface area (Å²) in [6, 6.07) is 5.67. The highest BCUT2D eigenvalue weighted by molar-refractivity contribution is 6.31. The average molecular weight is 223 g/mol. The lowest BCUT2D eigenvalue weighted by atomic mass is 10.1. The van der Waals surface area contributed by atoms with Crippen LogP contribution in [0.25, 0.3) is 11.3 Å². The molecule has 2 aromatic rings.